The van der Waals surface area contributed by atoms with Crippen LogP contribution in [0.15, 0.2) is 18.2 Å². The molecule has 1 aromatic rings. The van der Waals surface area contributed by atoms with Crippen LogP contribution in [0, 0.1) is 11.6 Å². The van der Waals surface area contributed by atoms with E-state index >= 15 is 0 Å². The summed E-state index contributed by atoms with van der Waals surface area (Å²) in [5, 5.41) is 5.70. The summed E-state index contributed by atoms with van der Waals surface area (Å²) in [5.74, 6) is -1.24. The van der Waals surface area contributed by atoms with E-state index in [0.29, 0.717) is 6.04 Å². The minimum absolute atomic E-state index is 0.162. The van der Waals surface area contributed by atoms with Crippen molar-refractivity contribution in [2.45, 2.75) is 31.8 Å². The highest BCUT2D eigenvalue weighted by atomic mass is 19.1. The van der Waals surface area contributed by atoms with E-state index in [9.17, 15) is 13.6 Å². The molecule has 3 nitrogen and oxygen atoms in total. The van der Waals surface area contributed by atoms with Crippen molar-refractivity contribution in [1.29, 1.82) is 0 Å². The van der Waals surface area contributed by atoms with Crippen molar-refractivity contribution in [3.8, 4) is 0 Å². The Morgan fingerprint density at radius 1 is 1.44 bits per heavy atom. The third-order valence-electron chi connectivity index (χ3n) is 2.93. The van der Waals surface area contributed by atoms with E-state index in [1.165, 1.54) is 0 Å². The molecule has 98 valence electrons. The maximum Gasteiger partial charge on any atom is 0.234 e. The zero-order valence-corrected chi connectivity index (χ0v) is 10.2. The van der Waals surface area contributed by atoms with Gasteiger partial charge in [0.2, 0.25) is 5.91 Å². The molecule has 1 aliphatic carbocycles. The lowest BCUT2D eigenvalue weighted by molar-refractivity contribution is -0.120. The Morgan fingerprint density at radius 3 is 2.83 bits per heavy atom. The van der Waals surface area contributed by atoms with Crippen LogP contribution >= 0.6 is 0 Å². The summed E-state index contributed by atoms with van der Waals surface area (Å²) in [6.07, 6.45) is 2.20. The molecule has 1 aliphatic rings. The quantitative estimate of drug-likeness (QED) is 0.842. The van der Waals surface area contributed by atoms with Gasteiger partial charge in [-0.15, -0.1) is 0 Å². The van der Waals surface area contributed by atoms with E-state index in [0.717, 1.165) is 31.0 Å². The normalized spacial score (nSPS) is 16.4. The van der Waals surface area contributed by atoms with Crippen molar-refractivity contribution in [3.63, 3.8) is 0 Å². The number of hydrogen-bond donors (Lipinski definition) is 2. The second-order valence-corrected chi connectivity index (χ2v) is 4.61. The number of hydrogen-bond acceptors (Lipinski definition) is 2. The number of halogens is 2. The van der Waals surface area contributed by atoms with E-state index in [1.807, 2.05) is 0 Å². The van der Waals surface area contributed by atoms with Crippen LogP contribution in [0.3, 0.4) is 0 Å². The molecule has 0 heterocycles. The molecular formula is C13H16F2N2O. The Bertz CT molecular complexity index is 447. The van der Waals surface area contributed by atoms with Crippen molar-refractivity contribution < 1.29 is 13.6 Å². The summed E-state index contributed by atoms with van der Waals surface area (Å²) in [4.78, 5) is 11.6. The van der Waals surface area contributed by atoms with E-state index in [1.54, 1.807) is 6.92 Å². The molecule has 1 fully saturated rings. The first-order chi connectivity index (χ1) is 8.56. The maximum absolute atomic E-state index is 13.5. The standard InChI is InChI=1S/C13H16F2N2O/c1-8(11-6-9(14)2-5-12(11)15)17-13(18)7-16-10-3-4-10/h2,5-6,8,10,16H,3-4,7H2,1H3,(H,17,18). The third kappa shape index (κ3) is 3.50. The average molecular weight is 254 g/mol. The summed E-state index contributed by atoms with van der Waals surface area (Å²) in [5.41, 5.74) is 0.162. The van der Waals surface area contributed by atoms with Gasteiger partial charge in [-0.3, -0.25) is 4.79 Å². The average Bonchev–Trinajstić information content (AvgIpc) is 3.13. The van der Waals surface area contributed by atoms with Crippen molar-refractivity contribution in [2.75, 3.05) is 6.54 Å². The lowest BCUT2D eigenvalue weighted by atomic mass is 10.1. The number of amides is 1. The summed E-state index contributed by atoms with van der Waals surface area (Å²) in [7, 11) is 0. The van der Waals surface area contributed by atoms with Gasteiger partial charge < -0.3 is 10.6 Å². The lowest BCUT2D eigenvalue weighted by Crippen LogP contribution is -2.36. The molecule has 1 saturated carbocycles. The Balaban J connectivity index is 1.90. The highest BCUT2D eigenvalue weighted by Crippen LogP contribution is 2.19. The van der Waals surface area contributed by atoms with Gasteiger partial charge in [-0.1, -0.05) is 0 Å². The monoisotopic (exact) mass is 254 g/mol. The molecule has 2 rings (SSSR count). The van der Waals surface area contributed by atoms with Gasteiger partial charge in [0.05, 0.1) is 12.6 Å². The van der Waals surface area contributed by atoms with Crippen LogP contribution in [0.2, 0.25) is 0 Å². The van der Waals surface area contributed by atoms with Crippen molar-refractivity contribution in [1.82, 2.24) is 10.6 Å². The topological polar surface area (TPSA) is 41.1 Å². The molecule has 1 aromatic carbocycles. The first-order valence-corrected chi connectivity index (χ1v) is 6.04. The van der Waals surface area contributed by atoms with Gasteiger partial charge in [0.1, 0.15) is 11.6 Å². The molecule has 0 bridgehead atoms. The number of rotatable bonds is 5. The fourth-order valence-corrected chi connectivity index (χ4v) is 1.74. The third-order valence-corrected chi connectivity index (χ3v) is 2.93. The second-order valence-electron chi connectivity index (χ2n) is 4.61. The van der Waals surface area contributed by atoms with Gasteiger partial charge in [-0.05, 0) is 38.0 Å². The Labute approximate surface area is 105 Å². The maximum atomic E-state index is 13.5. The SMILES string of the molecule is CC(NC(=O)CNC1CC1)c1cc(F)ccc1F. The minimum atomic E-state index is -0.547. The largest absolute Gasteiger partial charge is 0.348 e. The second kappa shape index (κ2) is 5.44. The van der Waals surface area contributed by atoms with Crippen LogP contribution in [0.4, 0.5) is 8.78 Å². The summed E-state index contributed by atoms with van der Waals surface area (Å²) in [6.45, 7) is 1.85. The molecule has 1 unspecified atom stereocenters. The molecule has 0 spiro atoms. The smallest absolute Gasteiger partial charge is 0.234 e. The molecule has 0 saturated heterocycles. The molecule has 1 amide bonds. The molecular weight excluding hydrogens is 238 g/mol. The van der Waals surface area contributed by atoms with Crippen LogP contribution in [-0.4, -0.2) is 18.5 Å². The van der Waals surface area contributed by atoms with Gasteiger partial charge in [0.15, 0.2) is 0 Å². The van der Waals surface area contributed by atoms with Crippen LogP contribution in [-0.2, 0) is 4.79 Å². The van der Waals surface area contributed by atoms with Crippen LogP contribution < -0.4 is 10.6 Å². The van der Waals surface area contributed by atoms with Gasteiger partial charge >= 0.3 is 0 Å². The van der Waals surface area contributed by atoms with E-state index in [-0.39, 0.29) is 18.0 Å². The number of carbonyl (C=O) groups excluding carboxylic acids is 1. The Kier molecular flexibility index (Phi) is 3.91. The van der Waals surface area contributed by atoms with E-state index in [4.69, 9.17) is 0 Å². The minimum Gasteiger partial charge on any atom is -0.348 e. The van der Waals surface area contributed by atoms with Crippen molar-refractivity contribution >= 4 is 5.91 Å². The lowest BCUT2D eigenvalue weighted by Gasteiger charge is -2.15. The van der Waals surface area contributed by atoms with Crippen LogP contribution in [0.25, 0.3) is 0 Å². The highest BCUT2D eigenvalue weighted by molar-refractivity contribution is 5.78. The number of benzene rings is 1. The summed E-state index contributed by atoms with van der Waals surface area (Å²) >= 11 is 0. The van der Waals surface area contributed by atoms with Crippen molar-refractivity contribution in [2.24, 2.45) is 0 Å². The predicted molar refractivity (Wildman–Crippen MR) is 63.9 cm³/mol. The fourth-order valence-electron chi connectivity index (χ4n) is 1.74. The van der Waals surface area contributed by atoms with Gasteiger partial charge in [-0.2, -0.15) is 0 Å². The highest BCUT2D eigenvalue weighted by Gasteiger charge is 2.22. The predicted octanol–water partition coefficient (Wildman–Crippen LogP) is 1.89. The van der Waals surface area contributed by atoms with E-state index < -0.39 is 17.7 Å². The number of carbonyl (C=O) groups is 1. The van der Waals surface area contributed by atoms with E-state index in [2.05, 4.69) is 10.6 Å². The molecule has 5 heteroatoms. The Morgan fingerprint density at radius 2 is 2.17 bits per heavy atom. The van der Waals surface area contributed by atoms with Crippen molar-refractivity contribution in [3.05, 3.63) is 35.4 Å². The van der Waals surface area contributed by atoms with Crippen LogP contribution in [0.5, 0.6) is 0 Å². The summed E-state index contributed by atoms with van der Waals surface area (Å²) < 4.78 is 26.5. The molecule has 0 radical (unpaired) electrons. The van der Waals surface area contributed by atoms with Gasteiger partial charge in [0, 0.05) is 11.6 Å². The fraction of sp³-hybridized carbons (Fsp3) is 0.462. The first-order valence-electron chi connectivity index (χ1n) is 6.04. The first kappa shape index (κ1) is 13.0. The zero-order chi connectivity index (χ0) is 13.1. The molecule has 0 aliphatic heterocycles. The van der Waals surface area contributed by atoms with Gasteiger partial charge in [0.25, 0.3) is 0 Å². The molecule has 18 heavy (non-hydrogen) atoms. The summed E-state index contributed by atoms with van der Waals surface area (Å²) in [6, 6.07) is 3.12. The number of nitrogens with one attached hydrogen (secondary N) is 2. The molecule has 0 aromatic heterocycles. The Hall–Kier alpha value is -1.49. The molecule has 2 N–H and O–H groups in total. The van der Waals surface area contributed by atoms with Gasteiger partial charge in [-0.25, -0.2) is 8.78 Å². The zero-order valence-electron chi connectivity index (χ0n) is 10.2. The van der Waals surface area contributed by atoms with Crippen LogP contribution in [0.1, 0.15) is 31.4 Å². The molecule has 1 atom stereocenters.